The van der Waals surface area contributed by atoms with E-state index in [1.807, 2.05) is 45.0 Å². The average molecular weight is 256 g/mol. The van der Waals surface area contributed by atoms with Gasteiger partial charge in [-0.2, -0.15) is 0 Å². The summed E-state index contributed by atoms with van der Waals surface area (Å²) < 4.78 is 5.15. The smallest absolute Gasteiger partial charge is 0.404 e. The van der Waals surface area contributed by atoms with E-state index in [4.69, 9.17) is 22.1 Å². The first-order valence-electron chi connectivity index (χ1n) is 5.50. The first-order chi connectivity index (χ1) is 7.80. The van der Waals surface area contributed by atoms with Crippen LogP contribution in [0.3, 0.4) is 0 Å². The van der Waals surface area contributed by atoms with Crippen LogP contribution in [-0.4, -0.2) is 12.2 Å². The van der Waals surface area contributed by atoms with Crippen molar-refractivity contribution >= 4 is 17.7 Å². The lowest BCUT2D eigenvalue weighted by atomic mass is 9.85. The number of ether oxygens (including phenoxy) is 1. The van der Waals surface area contributed by atoms with E-state index in [-0.39, 0.29) is 11.5 Å². The second-order valence-corrected chi connectivity index (χ2v) is 5.49. The van der Waals surface area contributed by atoms with Gasteiger partial charge in [-0.25, -0.2) is 4.79 Å². The summed E-state index contributed by atoms with van der Waals surface area (Å²) in [6, 6.07) is 7.52. The molecule has 1 atom stereocenters. The summed E-state index contributed by atoms with van der Waals surface area (Å²) in [5.74, 6) is 0. The molecule has 1 unspecified atom stereocenters. The Balaban J connectivity index is 2.87. The van der Waals surface area contributed by atoms with Gasteiger partial charge in [-0.3, -0.25) is 0 Å². The molecule has 0 aromatic heterocycles. The molecule has 0 saturated carbocycles. The Morgan fingerprint density at radius 2 is 2.00 bits per heavy atom. The van der Waals surface area contributed by atoms with Crippen LogP contribution < -0.4 is 5.73 Å². The minimum atomic E-state index is -0.753. The van der Waals surface area contributed by atoms with Gasteiger partial charge >= 0.3 is 6.09 Å². The van der Waals surface area contributed by atoms with Crippen LogP contribution in [0, 0.1) is 5.41 Å². The zero-order valence-electron chi connectivity index (χ0n) is 10.4. The monoisotopic (exact) mass is 255 g/mol. The molecule has 17 heavy (non-hydrogen) atoms. The topological polar surface area (TPSA) is 52.3 Å². The minimum absolute atomic E-state index is 0.186. The Morgan fingerprint density at radius 1 is 1.41 bits per heavy atom. The van der Waals surface area contributed by atoms with E-state index in [1.54, 1.807) is 0 Å². The van der Waals surface area contributed by atoms with Crippen molar-refractivity contribution in [3.05, 3.63) is 34.9 Å². The average Bonchev–Trinajstić information content (AvgIpc) is 2.18. The van der Waals surface area contributed by atoms with Gasteiger partial charge in [0, 0.05) is 11.4 Å². The number of nitrogens with two attached hydrogens (primary N) is 1. The molecule has 0 spiro atoms. The Bertz CT molecular complexity index is 399. The van der Waals surface area contributed by atoms with Gasteiger partial charge < -0.3 is 10.5 Å². The summed E-state index contributed by atoms with van der Waals surface area (Å²) >= 11 is 6.08. The van der Waals surface area contributed by atoms with Crippen molar-refractivity contribution in [2.75, 3.05) is 0 Å². The van der Waals surface area contributed by atoms with Gasteiger partial charge in [0.05, 0.1) is 0 Å². The van der Waals surface area contributed by atoms with E-state index in [2.05, 4.69) is 0 Å². The Morgan fingerprint density at radius 3 is 2.47 bits per heavy atom. The van der Waals surface area contributed by atoms with Gasteiger partial charge in [0.15, 0.2) is 0 Å². The highest BCUT2D eigenvalue weighted by atomic mass is 35.5. The SMILES string of the molecule is CC(C)(C)C(Cc1ccccc1Cl)OC(N)=O. The van der Waals surface area contributed by atoms with Crippen LogP contribution in [0.1, 0.15) is 26.3 Å². The number of primary amides is 1. The van der Waals surface area contributed by atoms with Gasteiger partial charge in [-0.1, -0.05) is 50.6 Å². The predicted octanol–water partition coefficient (Wildman–Crippen LogP) is 3.39. The van der Waals surface area contributed by atoms with Crippen molar-refractivity contribution in [2.45, 2.75) is 33.3 Å². The molecule has 0 saturated heterocycles. The molecule has 3 nitrogen and oxygen atoms in total. The van der Waals surface area contributed by atoms with Gasteiger partial charge in [0.2, 0.25) is 0 Å². The number of hydrogen-bond donors (Lipinski definition) is 1. The van der Waals surface area contributed by atoms with Gasteiger partial charge in [-0.15, -0.1) is 0 Å². The third-order valence-electron chi connectivity index (χ3n) is 2.59. The third kappa shape index (κ3) is 4.27. The zero-order valence-corrected chi connectivity index (χ0v) is 11.1. The molecule has 1 aromatic carbocycles. The van der Waals surface area contributed by atoms with Gasteiger partial charge in [-0.05, 0) is 17.0 Å². The molecule has 94 valence electrons. The number of hydrogen-bond acceptors (Lipinski definition) is 2. The van der Waals surface area contributed by atoms with Crippen LogP contribution in [-0.2, 0) is 11.2 Å². The maximum absolute atomic E-state index is 10.9. The molecular formula is C13H18ClNO2. The quantitative estimate of drug-likeness (QED) is 0.900. The fraction of sp³-hybridized carbons (Fsp3) is 0.462. The number of amides is 1. The molecule has 0 aliphatic rings. The van der Waals surface area contributed by atoms with Gasteiger partial charge in [0.1, 0.15) is 6.10 Å². The van der Waals surface area contributed by atoms with E-state index in [0.717, 1.165) is 5.56 Å². The summed E-state index contributed by atoms with van der Waals surface area (Å²) in [7, 11) is 0. The molecule has 0 aliphatic carbocycles. The van der Waals surface area contributed by atoms with Crippen molar-refractivity contribution in [3.8, 4) is 0 Å². The maximum atomic E-state index is 10.9. The molecule has 4 heteroatoms. The number of carbonyl (C=O) groups is 1. The molecule has 1 amide bonds. The van der Waals surface area contributed by atoms with Crippen molar-refractivity contribution in [1.29, 1.82) is 0 Å². The molecule has 1 aromatic rings. The highest BCUT2D eigenvalue weighted by Gasteiger charge is 2.28. The highest BCUT2D eigenvalue weighted by molar-refractivity contribution is 6.31. The summed E-state index contributed by atoms with van der Waals surface area (Å²) in [4.78, 5) is 10.9. The lowest BCUT2D eigenvalue weighted by molar-refractivity contribution is 0.0374. The van der Waals surface area contributed by atoms with E-state index in [9.17, 15) is 4.79 Å². The van der Waals surface area contributed by atoms with Crippen LogP contribution in [0.2, 0.25) is 5.02 Å². The first-order valence-corrected chi connectivity index (χ1v) is 5.88. The second kappa shape index (κ2) is 5.41. The molecule has 0 fully saturated rings. The van der Waals surface area contributed by atoms with E-state index in [1.165, 1.54) is 0 Å². The molecule has 0 heterocycles. The molecule has 0 aliphatic heterocycles. The standard InChI is InChI=1S/C13H18ClNO2/c1-13(2,3)11(17-12(15)16)8-9-6-4-5-7-10(9)14/h4-7,11H,8H2,1-3H3,(H2,15,16). The van der Waals surface area contributed by atoms with Crippen LogP contribution in [0.15, 0.2) is 24.3 Å². The molecular weight excluding hydrogens is 238 g/mol. The summed E-state index contributed by atoms with van der Waals surface area (Å²) in [5.41, 5.74) is 5.86. The first kappa shape index (κ1) is 13.8. The van der Waals surface area contributed by atoms with E-state index in [0.29, 0.717) is 11.4 Å². The van der Waals surface area contributed by atoms with Crippen molar-refractivity contribution in [3.63, 3.8) is 0 Å². The van der Waals surface area contributed by atoms with Crippen LogP contribution in [0.25, 0.3) is 0 Å². The maximum Gasteiger partial charge on any atom is 0.404 e. The van der Waals surface area contributed by atoms with Gasteiger partial charge in [0.25, 0.3) is 0 Å². The Kier molecular flexibility index (Phi) is 4.40. The number of halogens is 1. The van der Waals surface area contributed by atoms with E-state index >= 15 is 0 Å². The summed E-state index contributed by atoms with van der Waals surface area (Å²) in [6.45, 7) is 5.99. The predicted molar refractivity (Wildman–Crippen MR) is 69.1 cm³/mol. The fourth-order valence-corrected chi connectivity index (χ4v) is 1.74. The number of carbonyl (C=O) groups excluding carboxylic acids is 1. The molecule has 2 N–H and O–H groups in total. The lowest BCUT2D eigenvalue weighted by Crippen LogP contribution is -2.35. The van der Waals surface area contributed by atoms with Crippen molar-refractivity contribution in [1.82, 2.24) is 0 Å². The van der Waals surface area contributed by atoms with E-state index < -0.39 is 6.09 Å². The molecule has 1 rings (SSSR count). The van der Waals surface area contributed by atoms with Crippen molar-refractivity contribution < 1.29 is 9.53 Å². The second-order valence-electron chi connectivity index (χ2n) is 5.09. The summed E-state index contributed by atoms with van der Waals surface area (Å²) in [6.07, 6.45) is -0.483. The largest absolute Gasteiger partial charge is 0.445 e. The number of rotatable bonds is 3. The zero-order chi connectivity index (χ0) is 13.1. The third-order valence-corrected chi connectivity index (χ3v) is 2.96. The highest BCUT2D eigenvalue weighted by Crippen LogP contribution is 2.27. The number of benzene rings is 1. The Hall–Kier alpha value is -1.22. The molecule has 0 radical (unpaired) electrons. The van der Waals surface area contributed by atoms with Crippen LogP contribution in [0.4, 0.5) is 4.79 Å². The van der Waals surface area contributed by atoms with Crippen LogP contribution >= 0.6 is 11.6 Å². The summed E-state index contributed by atoms with van der Waals surface area (Å²) in [5, 5.41) is 0.676. The Labute approximate surface area is 107 Å². The van der Waals surface area contributed by atoms with Crippen LogP contribution in [0.5, 0.6) is 0 Å². The normalized spacial score (nSPS) is 13.2. The minimum Gasteiger partial charge on any atom is -0.445 e. The fourth-order valence-electron chi connectivity index (χ4n) is 1.53. The van der Waals surface area contributed by atoms with Crippen molar-refractivity contribution in [2.24, 2.45) is 11.1 Å². The molecule has 0 bridgehead atoms. The lowest BCUT2D eigenvalue weighted by Gasteiger charge is -2.30.